The van der Waals surface area contributed by atoms with Gasteiger partial charge in [0, 0.05) is 31.7 Å². The first-order valence-corrected chi connectivity index (χ1v) is 8.50. The van der Waals surface area contributed by atoms with Crippen molar-refractivity contribution in [1.29, 1.82) is 0 Å². The van der Waals surface area contributed by atoms with Crippen LogP contribution in [0.2, 0.25) is 0 Å². The summed E-state index contributed by atoms with van der Waals surface area (Å²) in [6.07, 6.45) is 4.11. The van der Waals surface area contributed by atoms with Gasteiger partial charge in [0.25, 0.3) is 0 Å². The van der Waals surface area contributed by atoms with E-state index in [0.717, 1.165) is 24.7 Å². The predicted molar refractivity (Wildman–Crippen MR) is 86.5 cm³/mol. The Morgan fingerprint density at radius 3 is 3.12 bits per heavy atom. The number of nitrogens with one attached hydrogen (secondary N) is 1. The zero-order valence-corrected chi connectivity index (χ0v) is 13.8. The van der Waals surface area contributed by atoms with Gasteiger partial charge in [-0.3, -0.25) is 4.90 Å². The molecular weight excluding hydrogens is 308 g/mol. The van der Waals surface area contributed by atoms with E-state index in [1.165, 1.54) is 12.8 Å². The lowest BCUT2D eigenvalue weighted by atomic mass is 10.2. The number of anilines is 1. The minimum Gasteiger partial charge on any atom is -0.374 e. The molecule has 1 N–H and O–H groups in total. The van der Waals surface area contributed by atoms with E-state index in [2.05, 4.69) is 37.5 Å². The summed E-state index contributed by atoms with van der Waals surface area (Å²) in [5.41, 5.74) is 0. The second-order valence-electron chi connectivity index (χ2n) is 6.42. The molecule has 8 nitrogen and oxygen atoms in total. The van der Waals surface area contributed by atoms with E-state index in [-0.39, 0.29) is 12.1 Å². The van der Waals surface area contributed by atoms with E-state index < -0.39 is 0 Å². The average molecular weight is 330 g/mol. The largest absolute Gasteiger partial charge is 0.374 e. The molecule has 0 radical (unpaired) electrons. The predicted octanol–water partition coefficient (Wildman–Crippen LogP) is 1.61. The lowest BCUT2D eigenvalue weighted by Gasteiger charge is -2.35. The zero-order chi connectivity index (χ0) is 16.4. The molecule has 2 aromatic rings. The minimum absolute atomic E-state index is 0.0917. The molecule has 4 rings (SSSR count). The molecule has 1 saturated carbocycles. The summed E-state index contributed by atoms with van der Waals surface area (Å²) in [7, 11) is 0. The molecule has 2 atom stereocenters. The topological polar surface area (TPSA) is 89.2 Å². The summed E-state index contributed by atoms with van der Waals surface area (Å²) < 4.78 is 11.3. The standard InChI is InChI=1S/C16H22N6O2/c1-11(16-19-15(21-24-16)12-4-5-12)22-7-8-23-13(10-22)9-17-14-3-2-6-18-20-14/h2-3,6,11-13H,4-5,7-10H2,1H3,(H,17,20)/t11-,13-/m1/s1. The second-order valence-corrected chi connectivity index (χ2v) is 6.42. The molecule has 24 heavy (non-hydrogen) atoms. The lowest BCUT2D eigenvalue weighted by Crippen LogP contribution is -2.46. The van der Waals surface area contributed by atoms with Crippen molar-refractivity contribution >= 4 is 5.82 Å². The van der Waals surface area contributed by atoms with Crippen molar-refractivity contribution in [2.24, 2.45) is 0 Å². The van der Waals surface area contributed by atoms with E-state index in [9.17, 15) is 0 Å². The fourth-order valence-corrected chi connectivity index (χ4v) is 2.91. The first-order chi connectivity index (χ1) is 11.8. The summed E-state index contributed by atoms with van der Waals surface area (Å²) in [6, 6.07) is 3.86. The number of aromatic nitrogens is 4. The van der Waals surface area contributed by atoms with Gasteiger partial charge in [0.15, 0.2) is 5.82 Å². The molecule has 1 aliphatic heterocycles. The van der Waals surface area contributed by atoms with Crippen molar-refractivity contribution in [2.75, 3.05) is 31.6 Å². The van der Waals surface area contributed by atoms with Gasteiger partial charge in [-0.15, -0.1) is 5.10 Å². The summed E-state index contributed by atoms with van der Waals surface area (Å²) in [5, 5.41) is 15.3. The van der Waals surface area contributed by atoms with Crippen LogP contribution in [0.15, 0.2) is 22.9 Å². The van der Waals surface area contributed by atoms with Crippen LogP contribution < -0.4 is 5.32 Å². The van der Waals surface area contributed by atoms with E-state index in [1.54, 1.807) is 6.20 Å². The van der Waals surface area contributed by atoms with Gasteiger partial charge in [-0.05, 0) is 31.9 Å². The highest BCUT2D eigenvalue weighted by molar-refractivity contribution is 5.31. The Morgan fingerprint density at radius 2 is 2.33 bits per heavy atom. The minimum atomic E-state index is 0.0917. The van der Waals surface area contributed by atoms with Crippen LogP contribution in [0.5, 0.6) is 0 Å². The first-order valence-electron chi connectivity index (χ1n) is 8.50. The Balaban J connectivity index is 1.33. The molecule has 0 amide bonds. The zero-order valence-electron chi connectivity index (χ0n) is 13.8. The Hall–Kier alpha value is -2.06. The molecule has 128 valence electrons. The number of ether oxygens (including phenoxy) is 1. The van der Waals surface area contributed by atoms with Crippen LogP contribution >= 0.6 is 0 Å². The molecular formula is C16H22N6O2. The molecule has 2 fully saturated rings. The number of rotatable bonds is 6. The molecule has 3 heterocycles. The lowest BCUT2D eigenvalue weighted by molar-refractivity contribution is -0.0386. The van der Waals surface area contributed by atoms with E-state index in [1.807, 2.05) is 12.1 Å². The van der Waals surface area contributed by atoms with Crippen molar-refractivity contribution in [3.8, 4) is 0 Å². The van der Waals surface area contributed by atoms with Gasteiger partial charge in [-0.2, -0.15) is 10.1 Å². The molecule has 2 aliphatic rings. The highest BCUT2D eigenvalue weighted by Gasteiger charge is 2.32. The first kappa shape index (κ1) is 15.5. The SMILES string of the molecule is C[C@H](c1nc(C2CC2)no1)N1CCO[C@H](CNc2cccnn2)C1. The Kier molecular flexibility index (Phi) is 4.40. The third-order valence-electron chi connectivity index (χ3n) is 4.56. The van der Waals surface area contributed by atoms with Crippen molar-refractivity contribution in [3.05, 3.63) is 30.0 Å². The fourth-order valence-electron chi connectivity index (χ4n) is 2.91. The highest BCUT2D eigenvalue weighted by Crippen LogP contribution is 2.38. The molecule has 2 aromatic heterocycles. The Morgan fingerprint density at radius 1 is 1.42 bits per heavy atom. The smallest absolute Gasteiger partial charge is 0.243 e. The van der Waals surface area contributed by atoms with Crippen LogP contribution in [0.25, 0.3) is 0 Å². The maximum absolute atomic E-state index is 5.85. The van der Waals surface area contributed by atoms with Gasteiger partial charge < -0.3 is 14.6 Å². The van der Waals surface area contributed by atoms with Crippen molar-refractivity contribution in [1.82, 2.24) is 25.2 Å². The van der Waals surface area contributed by atoms with Gasteiger partial charge >= 0.3 is 0 Å². The maximum Gasteiger partial charge on any atom is 0.243 e. The molecule has 0 unspecified atom stereocenters. The molecule has 0 spiro atoms. The number of nitrogens with zero attached hydrogens (tertiary/aromatic N) is 5. The maximum atomic E-state index is 5.85. The molecule has 1 saturated heterocycles. The van der Waals surface area contributed by atoms with E-state index >= 15 is 0 Å². The van der Waals surface area contributed by atoms with Crippen molar-refractivity contribution in [2.45, 2.75) is 37.8 Å². The normalized spacial score (nSPS) is 23.1. The van der Waals surface area contributed by atoms with Crippen molar-refractivity contribution in [3.63, 3.8) is 0 Å². The third kappa shape index (κ3) is 3.54. The third-order valence-corrected chi connectivity index (χ3v) is 4.56. The fraction of sp³-hybridized carbons (Fsp3) is 0.625. The monoisotopic (exact) mass is 330 g/mol. The van der Waals surface area contributed by atoms with Crippen molar-refractivity contribution < 1.29 is 9.26 Å². The second kappa shape index (κ2) is 6.82. The van der Waals surface area contributed by atoms with Gasteiger partial charge in [0.2, 0.25) is 5.89 Å². The molecule has 0 bridgehead atoms. The van der Waals surface area contributed by atoms with Gasteiger partial charge in [0.1, 0.15) is 5.82 Å². The Bertz CT molecular complexity index is 660. The number of hydrogen-bond acceptors (Lipinski definition) is 8. The van der Waals surface area contributed by atoms with E-state index in [4.69, 9.17) is 9.26 Å². The summed E-state index contributed by atoms with van der Waals surface area (Å²) in [6.45, 7) is 5.18. The molecule has 0 aromatic carbocycles. The van der Waals surface area contributed by atoms with Gasteiger partial charge in [0.05, 0.1) is 18.8 Å². The number of morpholine rings is 1. The van der Waals surface area contributed by atoms with Crippen LogP contribution in [0, 0.1) is 0 Å². The number of hydrogen-bond donors (Lipinski definition) is 1. The summed E-state index contributed by atoms with van der Waals surface area (Å²) >= 11 is 0. The van der Waals surface area contributed by atoms with Crippen LogP contribution in [0.3, 0.4) is 0 Å². The van der Waals surface area contributed by atoms with Crippen LogP contribution in [-0.4, -0.2) is 57.6 Å². The van der Waals surface area contributed by atoms with Crippen LogP contribution in [0.1, 0.15) is 43.4 Å². The average Bonchev–Trinajstić information content (AvgIpc) is 3.37. The van der Waals surface area contributed by atoms with Crippen LogP contribution in [0.4, 0.5) is 5.82 Å². The molecule has 1 aliphatic carbocycles. The van der Waals surface area contributed by atoms with Gasteiger partial charge in [-0.1, -0.05) is 5.16 Å². The highest BCUT2D eigenvalue weighted by atomic mass is 16.5. The molecule has 8 heteroatoms. The summed E-state index contributed by atoms with van der Waals surface area (Å²) in [4.78, 5) is 6.90. The van der Waals surface area contributed by atoms with E-state index in [0.29, 0.717) is 25.0 Å². The Labute approximate surface area is 140 Å². The van der Waals surface area contributed by atoms with Crippen LogP contribution in [-0.2, 0) is 4.74 Å². The van der Waals surface area contributed by atoms with Gasteiger partial charge in [-0.25, -0.2) is 0 Å². The summed E-state index contributed by atoms with van der Waals surface area (Å²) in [5.74, 6) is 2.85. The quantitative estimate of drug-likeness (QED) is 0.854.